The maximum atomic E-state index is 10.8. The van der Waals surface area contributed by atoms with Crippen LogP contribution >= 0.6 is 24.8 Å². The minimum Gasteiger partial charge on any atom is -0.427 e. The van der Waals surface area contributed by atoms with Crippen molar-refractivity contribution in [3.05, 3.63) is 29.8 Å². The number of carbonyl (C=O) groups excluding carboxylic acids is 1. The first-order valence-corrected chi connectivity index (χ1v) is 6.40. The van der Waals surface area contributed by atoms with Gasteiger partial charge in [0.05, 0.1) is 0 Å². The van der Waals surface area contributed by atoms with Crippen molar-refractivity contribution in [3.8, 4) is 5.75 Å². The number of piperazine rings is 1. The second-order valence-electron chi connectivity index (χ2n) is 4.62. The van der Waals surface area contributed by atoms with Gasteiger partial charge >= 0.3 is 5.97 Å². The summed E-state index contributed by atoms with van der Waals surface area (Å²) in [6, 6.07) is 8.18. The van der Waals surface area contributed by atoms with Crippen LogP contribution in [0.4, 0.5) is 0 Å². The number of rotatable bonds is 3. The number of hydrogen-bond acceptors (Lipinski definition) is 4. The molecule has 1 aliphatic heterocycles. The maximum Gasteiger partial charge on any atom is 0.308 e. The lowest BCUT2D eigenvalue weighted by molar-refractivity contribution is -0.131. The van der Waals surface area contributed by atoms with Gasteiger partial charge in [-0.1, -0.05) is 12.1 Å². The lowest BCUT2D eigenvalue weighted by Crippen LogP contribution is -2.44. The first-order valence-electron chi connectivity index (χ1n) is 6.40. The third kappa shape index (κ3) is 5.29. The molecule has 1 N–H and O–H groups in total. The van der Waals surface area contributed by atoms with Crippen molar-refractivity contribution in [2.45, 2.75) is 19.9 Å². The molecule has 1 aliphatic rings. The van der Waals surface area contributed by atoms with Crippen molar-refractivity contribution < 1.29 is 9.53 Å². The molecular weight excluding hydrogens is 299 g/mol. The number of benzene rings is 1. The molecular formula is C14H22Cl2N2O2. The Kier molecular flexibility index (Phi) is 8.81. The molecule has 0 unspecified atom stereocenters. The summed E-state index contributed by atoms with van der Waals surface area (Å²) in [7, 11) is 0. The van der Waals surface area contributed by atoms with E-state index >= 15 is 0 Å². The molecule has 1 fully saturated rings. The zero-order valence-electron chi connectivity index (χ0n) is 11.8. The van der Waals surface area contributed by atoms with Crippen LogP contribution in [-0.4, -0.2) is 37.0 Å². The third-order valence-electron chi connectivity index (χ3n) is 3.32. The lowest BCUT2D eigenvalue weighted by atomic mass is 10.1. The van der Waals surface area contributed by atoms with Crippen LogP contribution < -0.4 is 10.1 Å². The molecule has 1 saturated heterocycles. The quantitative estimate of drug-likeness (QED) is 0.686. The van der Waals surface area contributed by atoms with E-state index in [4.69, 9.17) is 4.74 Å². The minimum atomic E-state index is -0.280. The first-order chi connectivity index (χ1) is 8.66. The SMILES string of the molecule is CC(=O)Oc1ccc([C@@H](C)N2CCNCC2)cc1.Cl.Cl. The Balaban J connectivity index is 0.00000180. The molecule has 0 bridgehead atoms. The molecule has 0 amide bonds. The largest absolute Gasteiger partial charge is 0.427 e. The van der Waals surface area contributed by atoms with Crippen LogP contribution in [0.3, 0.4) is 0 Å². The molecule has 1 aromatic rings. The zero-order valence-corrected chi connectivity index (χ0v) is 13.4. The monoisotopic (exact) mass is 320 g/mol. The Labute approximate surface area is 132 Å². The predicted molar refractivity (Wildman–Crippen MR) is 85.1 cm³/mol. The fourth-order valence-electron chi connectivity index (χ4n) is 2.26. The molecule has 4 nitrogen and oxygen atoms in total. The van der Waals surface area contributed by atoms with Gasteiger partial charge in [0.15, 0.2) is 0 Å². The summed E-state index contributed by atoms with van der Waals surface area (Å²) in [5.74, 6) is 0.330. The number of nitrogens with one attached hydrogen (secondary N) is 1. The van der Waals surface area contributed by atoms with E-state index in [1.165, 1.54) is 12.5 Å². The van der Waals surface area contributed by atoms with Gasteiger partial charge in [0, 0.05) is 39.1 Å². The van der Waals surface area contributed by atoms with Crippen LogP contribution in [-0.2, 0) is 4.79 Å². The minimum absolute atomic E-state index is 0. The first kappa shape index (κ1) is 19.2. The lowest BCUT2D eigenvalue weighted by Gasteiger charge is -2.33. The van der Waals surface area contributed by atoms with Crippen LogP contribution in [0.5, 0.6) is 5.75 Å². The van der Waals surface area contributed by atoms with Gasteiger partial charge in [-0.2, -0.15) is 0 Å². The average Bonchev–Trinajstić information content (AvgIpc) is 2.39. The summed E-state index contributed by atoms with van der Waals surface area (Å²) in [6.45, 7) is 7.88. The van der Waals surface area contributed by atoms with Gasteiger partial charge in [0.1, 0.15) is 5.75 Å². The summed E-state index contributed by atoms with van der Waals surface area (Å²) in [4.78, 5) is 13.3. The topological polar surface area (TPSA) is 41.6 Å². The van der Waals surface area contributed by atoms with Gasteiger partial charge in [-0.25, -0.2) is 0 Å². The Morgan fingerprint density at radius 2 is 1.75 bits per heavy atom. The molecule has 0 spiro atoms. The Bertz CT molecular complexity index is 406. The third-order valence-corrected chi connectivity index (χ3v) is 3.32. The second kappa shape index (κ2) is 9.19. The number of nitrogens with zero attached hydrogens (tertiary/aromatic N) is 1. The summed E-state index contributed by atoms with van der Waals surface area (Å²) in [5, 5.41) is 3.35. The van der Waals surface area contributed by atoms with Crippen LogP contribution in [0.15, 0.2) is 24.3 Å². The van der Waals surface area contributed by atoms with Crippen LogP contribution in [0, 0.1) is 0 Å². The van der Waals surface area contributed by atoms with E-state index in [0.717, 1.165) is 26.2 Å². The van der Waals surface area contributed by atoms with Crippen molar-refractivity contribution in [2.24, 2.45) is 0 Å². The van der Waals surface area contributed by atoms with Crippen LogP contribution in [0.25, 0.3) is 0 Å². The Morgan fingerprint density at radius 3 is 2.25 bits per heavy atom. The van der Waals surface area contributed by atoms with Crippen molar-refractivity contribution in [1.82, 2.24) is 10.2 Å². The Hall–Kier alpha value is -0.810. The number of hydrogen-bond donors (Lipinski definition) is 1. The molecule has 20 heavy (non-hydrogen) atoms. The van der Waals surface area contributed by atoms with Crippen molar-refractivity contribution in [3.63, 3.8) is 0 Å². The van der Waals surface area contributed by atoms with Gasteiger partial charge < -0.3 is 10.1 Å². The van der Waals surface area contributed by atoms with Crippen LogP contribution in [0.2, 0.25) is 0 Å². The smallest absolute Gasteiger partial charge is 0.308 e. The van der Waals surface area contributed by atoms with Crippen molar-refractivity contribution >= 4 is 30.8 Å². The zero-order chi connectivity index (χ0) is 13.0. The van der Waals surface area contributed by atoms with E-state index < -0.39 is 0 Å². The summed E-state index contributed by atoms with van der Waals surface area (Å²) < 4.78 is 5.03. The normalized spacial score (nSPS) is 16.5. The van der Waals surface area contributed by atoms with Crippen LogP contribution in [0.1, 0.15) is 25.5 Å². The highest BCUT2D eigenvalue weighted by atomic mass is 35.5. The van der Waals surface area contributed by atoms with Crippen molar-refractivity contribution in [2.75, 3.05) is 26.2 Å². The highest BCUT2D eigenvalue weighted by molar-refractivity contribution is 5.85. The molecule has 1 aromatic carbocycles. The number of esters is 1. The van der Waals surface area contributed by atoms with Gasteiger partial charge in [-0.05, 0) is 24.6 Å². The number of ether oxygens (including phenoxy) is 1. The Morgan fingerprint density at radius 1 is 1.20 bits per heavy atom. The summed E-state index contributed by atoms with van der Waals surface area (Å²) >= 11 is 0. The van der Waals surface area contributed by atoms with E-state index in [1.54, 1.807) is 0 Å². The van der Waals surface area contributed by atoms with Gasteiger partial charge in [0.2, 0.25) is 0 Å². The van der Waals surface area contributed by atoms with E-state index in [2.05, 4.69) is 17.1 Å². The second-order valence-corrected chi connectivity index (χ2v) is 4.62. The number of carbonyl (C=O) groups is 1. The molecule has 114 valence electrons. The van der Waals surface area contributed by atoms with Crippen molar-refractivity contribution in [1.29, 1.82) is 0 Å². The molecule has 0 aliphatic carbocycles. The highest BCUT2D eigenvalue weighted by Gasteiger charge is 2.17. The van der Waals surface area contributed by atoms with E-state index in [9.17, 15) is 4.79 Å². The van der Waals surface area contributed by atoms with E-state index in [1.807, 2.05) is 24.3 Å². The summed E-state index contributed by atoms with van der Waals surface area (Å²) in [6.07, 6.45) is 0. The van der Waals surface area contributed by atoms with Gasteiger partial charge in [-0.15, -0.1) is 24.8 Å². The fraction of sp³-hybridized carbons (Fsp3) is 0.500. The van der Waals surface area contributed by atoms with Gasteiger partial charge in [0.25, 0.3) is 0 Å². The fourth-order valence-corrected chi connectivity index (χ4v) is 2.26. The number of halogens is 2. The summed E-state index contributed by atoms with van der Waals surface area (Å²) in [5.41, 5.74) is 1.26. The predicted octanol–water partition coefficient (Wildman–Crippen LogP) is 2.42. The molecule has 0 radical (unpaired) electrons. The average molecular weight is 321 g/mol. The highest BCUT2D eigenvalue weighted by Crippen LogP contribution is 2.22. The maximum absolute atomic E-state index is 10.8. The van der Waals surface area contributed by atoms with E-state index in [0.29, 0.717) is 11.8 Å². The standard InChI is InChI=1S/C14H20N2O2.2ClH/c1-11(16-9-7-15-8-10-16)13-3-5-14(6-4-13)18-12(2)17;;/h3-6,11,15H,7-10H2,1-2H3;2*1H/t11-;;/m1../s1. The van der Waals surface area contributed by atoms with E-state index in [-0.39, 0.29) is 30.8 Å². The molecule has 1 atom stereocenters. The molecule has 1 heterocycles. The van der Waals surface area contributed by atoms with Gasteiger partial charge in [-0.3, -0.25) is 9.69 Å². The molecule has 2 rings (SSSR count). The molecule has 6 heteroatoms. The molecule has 0 aromatic heterocycles. The molecule has 0 saturated carbocycles.